The molecule has 23 heavy (non-hydrogen) atoms. The third kappa shape index (κ3) is 3.04. The lowest BCUT2D eigenvalue weighted by Gasteiger charge is -2.05. The number of methoxy groups -OCH3 is 1. The van der Waals surface area contributed by atoms with E-state index in [1.54, 1.807) is 19.5 Å². The summed E-state index contributed by atoms with van der Waals surface area (Å²) >= 11 is 0.928. The van der Waals surface area contributed by atoms with Gasteiger partial charge in [-0.3, -0.25) is 15.8 Å². The van der Waals surface area contributed by atoms with Gasteiger partial charge in [-0.1, -0.05) is 6.07 Å². The van der Waals surface area contributed by atoms with Crippen LogP contribution in [0.25, 0.3) is 22.0 Å². The summed E-state index contributed by atoms with van der Waals surface area (Å²) in [5.74, 6) is 0.688. The van der Waals surface area contributed by atoms with Gasteiger partial charge in [0.1, 0.15) is 10.8 Å². The number of nitrogens with zero attached hydrogens (tertiary/aromatic N) is 1. The topological polar surface area (TPSA) is 112 Å². The van der Waals surface area contributed by atoms with Gasteiger partial charge in [0.15, 0.2) is 5.17 Å². The van der Waals surface area contributed by atoms with Crippen molar-refractivity contribution in [2.24, 2.45) is 5.73 Å². The lowest BCUT2D eigenvalue weighted by molar-refractivity contribution is 0.413. The molecule has 0 saturated carbocycles. The minimum atomic E-state index is -0.0959. The minimum Gasteiger partial charge on any atom is -0.495 e. The molecule has 2 heterocycles. The van der Waals surface area contributed by atoms with Crippen molar-refractivity contribution >= 4 is 32.9 Å². The number of H-pyrrole nitrogens is 1. The van der Waals surface area contributed by atoms with Gasteiger partial charge in [-0.25, -0.2) is 0 Å². The number of amidine groups is 1. The van der Waals surface area contributed by atoms with E-state index >= 15 is 0 Å². The number of aromatic nitrogens is 2. The summed E-state index contributed by atoms with van der Waals surface area (Å²) in [7, 11) is 1.61. The third-order valence-corrected chi connectivity index (χ3v) is 4.08. The molecule has 0 aliphatic rings. The number of ether oxygens (including phenoxy) is 1. The van der Waals surface area contributed by atoms with Crippen LogP contribution in [-0.2, 0) is 0 Å². The molecule has 7 heteroatoms. The van der Waals surface area contributed by atoms with E-state index in [2.05, 4.69) is 9.97 Å². The van der Waals surface area contributed by atoms with Crippen LogP contribution in [0.15, 0.2) is 42.9 Å². The Hall–Kier alpha value is -2.80. The Bertz CT molecular complexity index is 902. The van der Waals surface area contributed by atoms with Crippen LogP contribution >= 0.6 is 11.8 Å². The molecular weight excluding hydrogens is 310 g/mol. The van der Waals surface area contributed by atoms with Crippen LogP contribution in [0.2, 0.25) is 0 Å². The maximum Gasteiger partial charge on any atom is 0.157 e. The Morgan fingerprint density at radius 2 is 2.09 bits per heavy atom. The van der Waals surface area contributed by atoms with Gasteiger partial charge >= 0.3 is 0 Å². The summed E-state index contributed by atoms with van der Waals surface area (Å²) < 4.78 is 5.22. The number of hydrogen-bond acceptors (Lipinski definition) is 5. The monoisotopic (exact) mass is 325 g/mol. The van der Waals surface area contributed by atoms with E-state index in [-0.39, 0.29) is 10.2 Å². The first-order valence-electron chi connectivity index (χ1n) is 6.80. The molecule has 3 aromatic rings. The molecule has 116 valence electrons. The van der Waals surface area contributed by atoms with Crippen molar-refractivity contribution in [1.29, 1.82) is 10.8 Å². The van der Waals surface area contributed by atoms with Crippen LogP contribution in [-0.4, -0.2) is 27.3 Å². The number of aromatic amines is 1. The summed E-state index contributed by atoms with van der Waals surface area (Å²) in [6, 6.07) is 7.58. The molecule has 0 spiro atoms. The zero-order valence-corrected chi connectivity index (χ0v) is 13.2. The molecule has 0 amide bonds. The normalized spacial score (nSPS) is 10.7. The first-order chi connectivity index (χ1) is 11.1. The van der Waals surface area contributed by atoms with Crippen LogP contribution in [0.5, 0.6) is 5.75 Å². The highest BCUT2D eigenvalue weighted by atomic mass is 32.2. The smallest absolute Gasteiger partial charge is 0.157 e. The molecule has 1 aromatic carbocycles. The van der Waals surface area contributed by atoms with Gasteiger partial charge in [0.05, 0.1) is 13.3 Å². The van der Waals surface area contributed by atoms with E-state index < -0.39 is 0 Å². The van der Waals surface area contributed by atoms with Gasteiger partial charge in [0, 0.05) is 40.0 Å². The highest BCUT2D eigenvalue weighted by Crippen LogP contribution is 2.31. The third-order valence-electron chi connectivity index (χ3n) is 3.42. The molecule has 0 unspecified atom stereocenters. The Balaban J connectivity index is 2.08. The van der Waals surface area contributed by atoms with E-state index in [1.807, 2.05) is 30.5 Å². The predicted molar refractivity (Wildman–Crippen MR) is 94.4 cm³/mol. The number of fused-ring (bicyclic) bond motifs is 1. The van der Waals surface area contributed by atoms with E-state index in [0.717, 1.165) is 39.4 Å². The van der Waals surface area contributed by atoms with Crippen LogP contribution in [0.4, 0.5) is 0 Å². The lowest BCUT2D eigenvalue weighted by atomic mass is 10.0. The average Bonchev–Trinajstić information content (AvgIpc) is 2.97. The SMILES string of the molecule is COc1cncc(-c2c[nH]c3ccc(C(=N)SC(=N)N)cc23)c1. The standard InChI is InChI=1S/C16H15N5OS/c1-22-11-4-10(6-20-7-11)13-8-21-14-3-2-9(5-12(13)14)15(17)23-16(18)19/h2-8,17,21H,1H3,(H3,18,19). The number of pyridine rings is 1. The van der Waals surface area contributed by atoms with Gasteiger partial charge in [0.25, 0.3) is 0 Å². The summed E-state index contributed by atoms with van der Waals surface area (Å²) in [5, 5.41) is 16.5. The van der Waals surface area contributed by atoms with Crippen LogP contribution in [0.1, 0.15) is 5.56 Å². The molecule has 3 rings (SSSR count). The number of rotatable bonds is 3. The number of nitrogens with one attached hydrogen (secondary N) is 3. The van der Waals surface area contributed by atoms with Gasteiger partial charge in [0.2, 0.25) is 0 Å². The number of hydrogen-bond donors (Lipinski definition) is 4. The van der Waals surface area contributed by atoms with E-state index in [0.29, 0.717) is 5.75 Å². The molecule has 6 nitrogen and oxygen atoms in total. The first-order valence-corrected chi connectivity index (χ1v) is 7.61. The minimum absolute atomic E-state index is 0.0959. The molecular formula is C16H15N5OS. The predicted octanol–water partition coefficient (Wildman–Crippen LogP) is 3.19. The Morgan fingerprint density at radius 1 is 1.26 bits per heavy atom. The van der Waals surface area contributed by atoms with Gasteiger partial charge < -0.3 is 15.5 Å². The largest absolute Gasteiger partial charge is 0.495 e. The molecule has 0 atom stereocenters. The van der Waals surface area contributed by atoms with Crippen molar-refractivity contribution < 1.29 is 4.74 Å². The second kappa shape index (κ2) is 6.13. The highest BCUT2D eigenvalue weighted by Gasteiger charge is 2.11. The van der Waals surface area contributed by atoms with Crippen molar-refractivity contribution in [1.82, 2.24) is 9.97 Å². The zero-order chi connectivity index (χ0) is 16.4. The van der Waals surface area contributed by atoms with Gasteiger partial charge in [-0.05, 0) is 30.0 Å². The first kappa shape index (κ1) is 15.1. The molecule has 0 aliphatic carbocycles. The number of thioether (sulfide) groups is 1. The summed E-state index contributed by atoms with van der Waals surface area (Å²) in [6.07, 6.45) is 5.34. The van der Waals surface area contributed by atoms with Crippen LogP contribution in [0, 0.1) is 10.8 Å². The second-order valence-corrected chi connectivity index (χ2v) is 5.92. The van der Waals surface area contributed by atoms with Crippen molar-refractivity contribution in [3.63, 3.8) is 0 Å². The van der Waals surface area contributed by atoms with E-state index in [1.165, 1.54) is 0 Å². The van der Waals surface area contributed by atoms with Crippen molar-refractivity contribution in [2.45, 2.75) is 0 Å². The van der Waals surface area contributed by atoms with Crippen molar-refractivity contribution in [2.75, 3.05) is 7.11 Å². The van der Waals surface area contributed by atoms with Gasteiger partial charge in [-0.2, -0.15) is 0 Å². The van der Waals surface area contributed by atoms with E-state index in [4.69, 9.17) is 21.3 Å². The highest BCUT2D eigenvalue weighted by molar-refractivity contribution is 8.26. The lowest BCUT2D eigenvalue weighted by Crippen LogP contribution is -2.08. The summed E-state index contributed by atoms with van der Waals surface area (Å²) in [6.45, 7) is 0. The van der Waals surface area contributed by atoms with Gasteiger partial charge in [-0.15, -0.1) is 0 Å². The number of nitrogens with two attached hydrogens (primary N) is 1. The fraction of sp³-hybridized carbons (Fsp3) is 0.0625. The van der Waals surface area contributed by atoms with Crippen molar-refractivity contribution in [3.8, 4) is 16.9 Å². The Labute approximate surface area is 137 Å². The Morgan fingerprint density at radius 3 is 2.83 bits per heavy atom. The fourth-order valence-electron chi connectivity index (χ4n) is 2.35. The van der Waals surface area contributed by atoms with Crippen LogP contribution < -0.4 is 10.5 Å². The summed E-state index contributed by atoms with van der Waals surface area (Å²) in [5.41, 5.74) is 8.94. The van der Waals surface area contributed by atoms with Crippen LogP contribution in [0.3, 0.4) is 0 Å². The molecule has 2 aromatic heterocycles. The molecule has 0 saturated heterocycles. The van der Waals surface area contributed by atoms with E-state index in [9.17, 15) is 0 Å². The molecule has 0 radical (unpaired) electrons. The van der Waals surface area contributed by atoms with Crippen molar-refractivity contribution in [3.05, 3.63) is 48.4 Å². The summed E-state index contributed by atoms with van der Waals surface area (Å²) in [4.78, 5) is 7.40. The molecule has 0 aliphatic heterocycles. The molecule has 0 fully saturated rings. The zero-order valence-electron chi connectivity index (χ0n) is 12.4. The molecule has 0 bridgehead atoms. The maximum atomic E-state index is 8.03. The average molecular weight is 325 g/mol. The quantitative estimate of drug-likeness (QED) is 0.437. The Kier molecular flexibility index (Phi) is 4.03. The number of benzene rings is 1. The fourth-order valence-corrected chi connectivity index (χ4v) is 2.81. The second-order valence-electron chi connectivity index (χ2n) is 4.87. The maximum absolute atomic E-state index is 8.03. The molecule has 5 N–H and O–H groups in total.